The van der Waals surface area contributed by atoms with Gasteiger partial charge in [0.2, 0.25) is 0 Å². The smallest absolute Gasteiger partial charge is 0.185 e. The summed E-state index contributed by atoms with van der Waals surface area (Å²) in [6.45, 7) is 0. The van der Waals surface area contributed by atoms with Gasteiger partial charge in [-0.25, -0.2) is 8.78 Å². The van der Waals surface area contributed by atoms with Crippen LogP contribution in [0.2, 0.25) is 0 Å². The van der Waals surface area contributed by atoms with Crippen LogP contribution >= 0.6 is 0 Å². The Hall–Kier alpha value is -2.88. The van der Waals surface area contributed by atoms with Crippen molar-refractivity contribution < 1.29 is 13.6 Å². The second-order valence-corrected chi connectivity index (χ2v) is 4.78. The first-order chi connectivity index (χ1) is 10.6. The number of aromatic nitrogens is 1. The highest BCUT2D eigenvalue weighted by atomic mass is 19.2. The predicted octanol–water partition coefficient (Wildman–Crippen LogP) is 4.41. The Labute approximate surface area is 125 Å². The van der Waals surface area contributed by atoms with Gasteiger partial charge in [-0.3, -0.25) is 9.78 Å². The number of allylic oxidation sites excluding steroid dienone is 1. The molecule has 3 rings (SSSR count). The summed E-state index contributed by atoms with van der Waals surface area (Å²) in [4.78, 5) is 16.2. The topological polar surface area (TPSA) is 30.0 Å². The maximum Gasteiger partial charge on any atom is 0.185 e. The number of pyridine rings is 1. The number of nitrogens with zero attached hydrogens (tertiary/aromatic N) is 1. The Kier molecular flexibility index (Phi) is 3.74. The molecule has 0 atom stereocenters. The molecule has 0 fully saturated rings. The van der Waals surface area contributed by atoms with Gasteiger partial charge in [0, 0.05) is 17.1 Å². The quantitative estimate of drug-likeness (QED) is 0.529. The average molecular weight is 295 g/mol. The van der Waals surface area contributed by atoms with Crippen LogP contribution in [-0.4, -0.2) is 10.8 Å². The van der Waals surface area contributed by atoms with Crippen molar-refractivity contribution in [3.05, 3.63) is 83.6 Å². The zero-order chi connectivity index (χ0) is 15.5. The molecule has 0 aliphatic heterocycles. The van der Waals surface area contributed by atoms with E-state index in [0.717, 1.165) is 28.6 Å². The highest BCUT2D eigenvalue weighted by Crippen LogP contribution is 2.15. The van der Waals surface area contributed by atoms with Crippen molar-refractivity contribution in [2.75, 3.05) is 0 Å². The van der Waals surface area contributed by atoms with Gasteiger partial charge in [-0.2, -0.15) is 0 Å². The lowest BCUT2D eigenvalue weighted by Gasteiger charge is -1.99. The number of halogens is 2. The van der Waals surface area contributed by atoms with Crippen molar-refractivity contribution in [3.63, 3.8) is 0 Å². The maximum absolute atomic E-state index is 13.1. The lowest BCUT2D eigenvalue weighted by molar-refractivity contribution is 0.104. The largest absolute Gasteiger partial charge is 0.289 e. The zero-order valence-electron chi connectivity index (χ0n) is 11.5. The summed E-state index contributed by atoms with van der Waals surface area (Å²) in [5.74, 6) is -2.39. The van der Waals surface area contributed by atoms with Crippen molar-refractivity contribution >= 4 is 22.8 Å². The third kappa shape index (κ3) is 2.91. The van der Waals surface area contributed by atoms with Gasteiger partial charge in [0.25, 0.3) is 0 Å². The van der Waals surface area contributed by atoms with Gasteiger partial charge in [0.1, 0.15) is 0 Å². The molecule has 2 nitrogen and oxygen atoms in total. The summed E-state index contributed by atoms with van der Waals surface area (Å²) in [7, 11) is 0. The third-order valence-corrected chi connectivity index (χ3v) is 3.26. The molecule has 22 heavy (non-hydrogen) atoms. The molecule has 1 aromatic heterocycles. The summed E-state index contributed by atoms with van der Waals surface area (Å²) in [6, 6.07) is 12.5. The van der Waals surface area contributed by atoms with E-state index in [1.54, 1.807) is 12.3 Å². The van der Waals surface area contributed by atoms with Crippen LogP contribution in [0.25, 0.3) is 17.0 Å². The molecular weight excluding hydrogens is 284 g/mol. The molecule has 0 N–H and O–H groups in total. The normalized spacial score (nSPS) is 11.2. The first-order valence-electron chi connectivity index (χ1n) is 6.66. The molecule has 0 radical (unpaired) electrons. The van der Waals surface area contributed by atoms with E-state index in [0.29, 0.717) is 0 Å². The fourth-order valence-electron chi connectivity index (χ4n) is 2.12. The Morgan fingerprint density at radius 3 is 2.68 bits per heavy atom. The van der Waals surface area contributed by atoms with Crippen molar-refractivity contribution in [2.45, 2.75) is 0 Å². The molecule has 0 amide bonds. The van der Waals surface area contributed by atoms with E-state index < -0.39 is 11.6 Å². The first kappa shape index (κ1) is 14.1. The van der Waals surface area contributed by atoms with E-state index in [1.807, 2.05) is 30.3 Å². The molecule has 4 heteroatoms. The zero-order valence-corrected chi connectivity index (χ0v) is 11.5. The standard InChI is InChI=1S/C18H11F2NO/c19-15-6-5-14(11-16(15)20)18(22)8-4-12-3-7-17-13(10-12)2-1-9-21-17/h1-11H/b8-4+. The third-order valence-electron chi connectivity index (χ3n) is 3.26. The molecule has 1 heterocycles. The minimum atomic E-state index is -1.03. The molecule has 0 unspecified atom stereocenters. The van der Waals surface area contributed by atoms with Crippen LogP contribution in [0.15, 0.2) is 60.8 Å². The molecule has 2 aromatic carbocycles. The van der Waals surface area contributed by atoms with E-state index in [9.17, 15) is 13.6 Å². The SMILES string of the molecule is O=C(/C=C/c1ccc2ncccc2c1)c1ccc(F)c(F)c1. The first-order valence-corrected chi connectivity index (χ1v) is 6.66. The minimum absolute atomic E-state index is 0.109. The molecule has 0 aliphatic carbocycles. The van der Waals surface area contributed by atoms with Gasteiger partial charge in [-0.05, 0) is 48.0 Å². The minimum Gasteiger partial charge on any atom is -0.289 e. The molecular formula is C18H11F2NO. The monoisotopic (exact) mass is 295 g/mol. The number of carbonyl (C=O) groups is 1. The van der Waals surface area contributed by atoms with Crippen molar-refractivity contribution in [1.29, 1.82) is 0 Å². The maximum atomic E-state index is 13.1. The highest BCUT2D eigenvalue weighted by molar-refractivity contribution is 6.06. The van der Waals surface area contributed by atoms with Gasteiger partial charge in [-0.1, -0.05) is 18.2 Å². The van der Waals surface area contributed by atoms with Crippen LogP contribution < -0.4 is 0 Å². The van der Waals surface area contributed by atoms with Crippen LogP contribution in [0.4, 0.5) is 8.78 Å². The Bertz CT molecular complexity index is 887. The summed E-state index contributed by atoms with van der Waals surface area (Å²) >= 11 is 0. The van der Waals surface area contributed by atoms with Gasteiger partial charge < -0.3 is 0 Å². The summed E-state index contributed by atoms with van der Waals surface area (Å²) < 4.78 is 26.0. The number of rotatable bonds is 3. The van der Waals surface area contributed by atoms with Gasteiger partial charge in [0.05, 0.1) is 5.52 Å². The molecule has 0 saturated heterocycles. The van der Waals surface area contributed by atoms with E-state index in [4.69, 9.17) is 0 Å². The van der Waals surface area contributed by atoms with Crippen LogP contribution in [0, 0.1) is 11.6 Å². The summed E-state index contributed by atoms with van der Waals surface area (Å²) in [5.41, 5.74) is 1.81. The lowest BCUT2D eigenvalue weighted by atomic mass is 10.1. The molecule has 0 saturated carbocycles. The van der Waals surface area contributed by atoms with Crippen LogP contribution in [0.1, 0.15) is 15.9 Å². The van der Waals surface area contributed by atoms with Crippen LogP contribution in [-0.2, 0) is 0 Å². The van der Waals surface area contributed by atoms with Gasteiger partial charge in [0.15, 0.2) is 17.4 Å². The Balaban J connectivity index is 1.85. The average Bonchev–Trinajstić information content (AvgIpc) is 2.55. The molecule has 0 spiro atoms. The van der Waals surface area contributed by atoms with Gasteiger partial charge >= 0.3 is 0 Å². The fourth-order valence-corrected chi connectivity index (χ4v) is 2.12. The van der Waals surface area contributed by atoms with Crippen LogP contribution in [0.3, 0.4) is 0 Å². The number of hydrogen-bond donors (Lipinski definition) is 0. The van der Waals surface area contributed by atoms with Gasteiger partial charge in [-0.15, -0.1) is 0 Å². The van der Waals surface area contributed by atoms with E-state index in [-0.39, 0.29) is 11.3 Å². The van der Waals surface area contributed by atoms with E-state index >= 15 is 0 Å². The molecule has 108 valence electrons. The molecule has 3 aromatic rings. The predicted molar refractivity (Wildman–Crippen MR) is 81.5 cm³/mol. The number of hydrogen-bond acceptors (Lipinski definition) is 2. The van der Waals surface area contributed by atoms with E-state index in [2.05, 4.69) is 4.98 Å². The van der Waals surface area contributed by atoms with Crippen molar-refractivity contribution in [1.82, 2.24) is 4.98 Å². The Morgan fingerprint density at radius 1 is 1.00 bits per heavy atom. The van der Waals surface area contributed by atoms with Crippen molar-refractivity contribution in [2.24, 2.45) is 0 Å². The number of carbonyl (C=O) groups excluding carboxylic acids is 1. The second kappa shape index (κ2) is 5.85. The van der Waals surface area contributed by atoms with Crippen molar-refractivity contribution in [3.8, 4) is 0 Å². The van der Waals surface area contributed by atoms with Crippen LogP contribution in [0.5, 0.6) is 0 Å². The number of fused-ring (bicyclic) bond motifs is 1. The fraction of sp³-hybridized carbons (Fsp3) is 0. The highest BCUT2D eigenvalue weighted by Gasteiger charge is 2.07. The number of benzene rings is 2. The molecule has 0 bridgehead atoms. The van der Waals surface area contributed by atoms with E-state index in [1.165, 1.54) is 12.1 Å². The number of ketones is 1. The summed E-state index contributed by atoms with van der Waals surface area (Å²) in [6.07, 6.45) is 4.69. The second-order valence-electron chi connectivity index (χ2n) is 4.78. The molecule has 0 aliphatic rings. The lowest BCUT2D eigenvalue weighted by Crippen LogP contribution is -1.96. The Morgan fingerprint density at radius 2 is 1.86 bits per heavy atom. The summed E-state index contributed by atoms with van der Waals surface area (Å²) in [5, 5.41) is 0.963.